The van der Waals surface area contributed by atoms with Gasteiger partial charge in [0, 0.05) is 6.04 Å². The summed E-state index contributed by atoms with van der Waals surface area (Å²) in [6.45, 7) is 1.98. The third kappa shape index (κ3) is 2.75. The van der Waals surface area contributed by atoms with E-state index >= 15 is 0 Å². The minimum atomic E-state index is -3.35. The van der Waals surface area contributed by atoms with E-state index in [9.17, 15) is 8.42 Å². The van der Waals surface area contributed by atoms with Crippen LogP contribution in [0.4, 0.5) is 10.8 Å². The Balaban J connectivity index is 1.90. The number of hydrogen-bond donors (Lipinski definition) is 2. The zero-order valence-corrected chi connectivity index (χ0v) is 13.2. The van der Waals surface area contributed by atoms with Crippen molar-refractivity contribution in [2.75, 3.05) is 11.1 Å². The van der Waals surface area contributed by atoms with Gasteiger partial charge in [-0.1, -0.05) is 30.3 Å². The van der Waals surface area contributed by atoms with Crippen LogP contribution in [-0.4, -0.2) is 18.0 Å². The first-order chi connectivity index (χ1) is 10.00. The van der Waals surface area contributed by atoms with Crippen molar-refractivity contribution in [3.63, 3.8) is 0 Å². The number of sulfone groups is 1. The van der Waals surface area contributed by atoms with Crippen molar-refractivity contribution < 1.29 is 8.42 Å². The molecule has 2 aromatic rings. The lowest BCUT2D eigenvalue weighted by Gasteiger charge is -2.15. The molecule has 1 atom stereocenters. The Bertz CT molecular complexity index is 737. The molecular weight excluding hydrogens is 306 g/mol. The lowest BCUT2D eigenvalue weighted by Crippen LogP contribution is -2.13. The van der Waals surface area contributed by atoms with Crippen LogP contribution in [0.25, 0.3) is 0 Å². The summed E-state index contributed by atoms with van der Waals surface area (Å²) in [5.74, 6) is 0.106. The second-order valence-electron chi connectivity index (χ2n) is 5.25. The predicted octanol–water partition coefficient (Wildman–Crippen LogP) is 2.83. The Labute approximate surface area is 128 Å². The summed E-state index contributed by atoms with van der Waals surface area (Å²) < 4.78 is 28.9. The van der Waals surface area contributed by atoms with Crippen molar-refractivity contribution in [1.29, 1.82) is 0 Å². The summed E-state index contributed by atoms with van der Waals surface area (Å²) in [5, 5.41) is 3.48. The molecule has 5 nitrogen and oxygen atoms in total. The van der Waals surface area contributed by atoms with E-state index in [1.165, 1.54) is 0 Å². The molecule has 1 aromatic heterocycles. The van der Waals surface area contributed by atoms with Crippen molar-refractivity contribution in [1.82, 2.24) is 4.37 Å². The highest BCUT2D eigenvalue weighted by Crippen LogP contribution is 2.41. The lowest BCUT2D eigenvalue weighted by atomic mass is 10.1. The highest BCUT2D eigenvalue weighted by atomic mass is 32.2. The van der Waals surface area contributed by atoms with Gasteiger partial charge in [-0.3, -0.25) is 0 Å². The Morgan fingerprint density at radius 3 is 2.62 bits per heavy atom. The van der Waals surface area contributed by atoms with Gasteiger partial charge in [0.25, 0.3) is 0 Å². The van der Waals surface area contributed by atoms with Gasteiger partial charge in [-0.25, -0.2) is 8.42 Å². The summed E-state index contributed by atoms with van der Waals surface area (Å²) in [7, 11) is -3.35. The first kappa shape index (κ1) is 14.3. The molecule has 0 saturated heterocycles. The third-order valence-corrected chi connectivity index (χ3v) is 6.82. The SMILES string of the molecule is CC(Nc1snc(N)c1S(=O)(=O)C1CC1)c1ccccc1. The van der Waals surface area contributed by atoms with E-state index in [1.54, 1.807) is 0 Å². The van der Waals surface area contributed by atoms with Crippen molar-refractivity contribution in [3.8, 4) is 0 Å². The highest BCUT2D eigenvalue weighted by Gasteiger charge is 2.40. The number of hydrogen-bond acceptors (Lipinski definition) is 6. The van der Waals surface area contributed by atoms with Crippen LogP contribution in [0.1, 0.15) is 31.4 Å². The number of rotatable bonds is 5. The van der Waals surface area contributed by atoms with Gasteiger partial charge in [-0.2, -0.15) is 4.37 Å². The van der Waals surface area contributed by atoms with E-state index in [0.717, 1.165) is 17.1 Å². The summed E-state index contributed by atoms with van der Waals surface area (Å²) in [4.78, 5) is 0.179. The predicted molar refractivity (Wildman–Crippen MR) is 85.2 cm³/mol. The quantitative estimate of drug-likeness (QED) is 0.884. The van der Waals surface area contributed by atoms with Gasteiger partial charge in [0.05, 0.1) is 5.25 Å². The van der Waals surface area contributed by atoms with Crippen molar-refractivity contribution >= 4 is 32.2 Å². The Morgan fingerprint density at radius 2 is 2.00 bits per heavy atom. The summed E-state index contributed by atoms with van der Waals surface area (Å²) in [6.07, 6.45) is 1.43. The molecule has 0 amide bonds. The molecule has 1 aliphatic carbocycles. The van der Waals surface area contributed by atoms with Gasteiger partial charge in [-0.15, -0.1) is 0 Å². The summed E-state index contributed by atoms with van der Waals surface area (Å²) in [6, 6.07) is 9.84. The molecule has 3 N–H and O–H groups in total. The molecule has 0 radical (unpaired) electrons. The zero-order chi connectivity index (χ0) is 15.0. The fourth-order valence-corrected chi connectivity index (χ4v) is 5.19. The van der Waals surface area contributed by atoms with Crippen LogP contribution in [0, 0.1) is 0 Å². The Kier molecular flexibility index (Phi) is 3.62. The molecular formula is C14H17N3O2S2. The molecule has 1 fully saturated rings. The normalized spacial score (nSPS) is 16.6. The first-order valence-corrected chi connectivity index (χ1v) is 9.12. The van der Waals surface area contributed by atoms with E-state index in [4.69, 9.17) is 5.73 Å². The number of nitrogens with one attached hydrogen (secondary N) is 1. The van der Waals surface area contributed by atoms with E-state index in [0.29, 0.717) is 17.8 Å². The fourth-order valence-electron chi connectivity index (χ4n) is 2.23. The average Bonchev–Trinajstić information content (AvgIpc) is 3.25. The third-order valence-electron chi connectivity index (χ3n) is 3.57. The molecule has 0 spiro atoms. The van der Waals surface area contributed by atoms with Crippen LogP contribution >= 0.6 is 11.5 Å². The van der Waals surface area contributed by atoms with E-state index in [1.807, 2.05) is 37.3 Å². The van der Waals surface area contributed by atoms with Gasteiger partial charge in [0.1, 0.15) is 9.90 Å². The summed E-state index contributed by atoms with van der Waals surface area (Å²) in [5.41, 5.74) is 6.87. The molecule has 1 unspecified atom stereocenters. The van der Waals surface area contributed by atoms with Gasteiger partial charge in [0.15, 0.2) is 15.7 Å². The first-order valence-electron chi connectivity index (χ1n) is 6.80. The van der Waals surface area contributed by atoms with Crippen LogP contribution < -0.4 is 11.1 Å². The van der Waals surface area contributed by atoms with E-state index < -0.39 is 9.84 Å². The minimum absolute atomic E-state index is 0.0146. The fraction of sp³-hybridized carbons (Fsp3) is 0.357. The van der Waals surface area contributed by atoms with E-state index in [-0.39, 0.29) is 22.0 Å². The molecule has 1 saturated carbocycles. The van der Waals surface area contributed by atoms with Gasteiger partial charge >= 0.3 is 0 Å². The molecule has 0 bridgehead atoms. The van der Waals surface area contributed by atoms with Gasteiger partial charge in [0.2, 0.25) is 0 Å². The summed E-state index contributed by atoms with van der Waals surface area (Å²) >= 11 is 1.11. The van der Waals surface area contributed by atoms with Crippen LogP contribution in [0.5, 0.6) is 0 Å². The maximum Gasteiger partial charge on any atom is 0.187 e. The smallest absolute Gasteiger partial charge is 0.187 e. The molecule has 112 valence electrons. The topological polar surface area (TPSA) is 85.1 Å². The van der Waals surface area contributed by atoms with Crippen molar-refractivity contribution in [2.24, 2.45) is 0 Å². The number of nitrogen functional groups attached to an aromatic ring is 1. The Hall–Kier alpha value is -1.60. The monoisotopic (exact) mass is 323 g/mol. The van der Waals surface area contributed by atoms with Crippen LogP contribution in [0.2, 0.25) is 0 Å². The lowest BCUT2D eigenvalue weighted by molar-refractivity contribution is 0.595. The Morgan fingerprint density at radius 1 is 1.33 bits per heavy atom. The number of benzene rings is 1. The maximum atomic E-state index is 12.5. The molecule has 1 aromatic carbocycles. The molecule has 1 aliphatic rings. The number of nitrogens with two attached hydrogens (primary N) is 1. The molecule has 3 rings (SSSR count). The standard InChI is InChI=1S/C14H17N3O2S2/c1-9(10-5-3-2-4-6-10)16-14-12(13(15)17-20-14)21(18,19)11-7-8-11/h2-6,9,11,16H,7-8H2,1H3,(H2,15,17). The van der Waals surface area contributed by atoms with Gasteiger partial charge in [-0.05, 0) is 36.9 Å². The van der Waals surface area contributed by atoms with Crippen molar-refractivity contribution in [2.45, 2.75) is 36.0 Å². The molecule has 1 heterocycles. The highest BCUT2D eigenvalue weighted by molar-refractivity contribution is 7.92. The van der Waals surface area contributed by atoms with Crippen LogP contribution in [0.3, 0.4) is 0 Å². The van der Waals surface area contributed by atoms with E-state index in [2.05, 4.69) is 9.69 Å². The average molecular weight is 323 g/mol. The molecule has 0 aliphatic heterocycles. The van der Waals surface area contributed by atoms with Crippen LogP contribution in [0.15, 0.2) is 35.2 Å². The second kappa shape index (κ2) is 5.31. The minimum Gasteiger partial charge on any atom is -0.382 e. The largest absolute Gasteiger partial charge is 0.382 e. The second-order valence-corrected chi connectivity index (χ2v) is 8.19. The molecule has 21 heavy (non-hydrogen) atoms. The van der Waals surface area contributed by atoms with Crippen molar-refractivity contribution in [3.05, 3.63) is 35.9 Å². The number of aromatic nitrogens is 1. The van der Waals surface area contributed by atoms with Gasteiger partial charge < -0.3 is 11.1 Å². The van der Waals surface area contributed by atoms with Crippen LogP contribution in [-0.2, 0) is 9.84 Å². The maximum absolute atomic E-state index is 12.5. The number of nitrogens with zero attached hydrogens (tertiary/aromatic N) is 1. The molecule has 7 heteroatoms. The zero-order valence-electron chi connectivity index (χ0n) is 11.6. The number of anilines is 2.